The molecular formula is C18H24F2N2O2. The van der Waals surface area contributed by atoms with Crippen LogP contribution >= 0.6 is 0 Å². The Hall–Kier alpha value is -1.53. The van der Waals surface area contributed by atoms with Crippen molar-refractivity contribution in [2.75, 3.05) is 19.6 Å². The summed E-state index contributed by atoms with van der Waals surface area (Å²) in [4.78, 5) is 14.4. The zero-order chi connectivity index (χ0) is 17.2. The molecule has 1 saturated heterocycles. The minimum atomic E-state index is -1.42. The van der Waals surface area contributed by atoms with Crippen LogP contribution < -0.4 is 5.32 Å². The van der Waals surface area contributed by atoms with Crippen molar-refractivity contribution in [1.82, 2.24) is 10.2 Å². The van der Waals surface area contributed by atoms with Crippen molar-refractivity contribution >= 4 is 5.91 Å². The van der Waals surface area contributed by atoms with Gasteiger partial charge in [0.05, 0.1) is 0 Å². The Kier molecular flexibility index (Phi) is 5.15. The quantitative estimate of drug-likeness (QED) is 0.836. The van der Waals surface area contributed by atoms with Crippen molar-refractivity contribution in [3.05, 3.63) is 35.4 Å². The highest BCUT2D eigenvalue weighted by Crippen LogP contribution is 2.30. The van der Waals surface area contributed by atoms with Gasteiger partial charge in [-0.3, -0.25) is 4.79 Å². The molecule has 0 spiro atoms. The Morgan fingerprint density at radius 2 is 1.92 bits per heavy atom. The Morgan fingerprint density at radius 3 is 2.54 bits per heavy atom. The number of halogens is 2. The lowest BCUT2D eigenvalue weighted by atomic mass is 9.83. The first-order valence-electron chi connectivity index (χ1n) is 8.64. The Morgan fingerprint density at radius 1 is 1.21 bits per heavy atom. The van der Waals surface area contributed by atoms with E-state index in [1.807, 2.05) is 0 Å². The van der Waals surface area contributed by atoms with Crippen LogP contribution in [0.5, 0.6) is 0 Å². The molecule has 1 aromatic carbocycles. The summed E-state index contributed by atoms with van der Waals surface area (Å²) in [7, 11) is 0. The highest BCUT2D eigenvalue weighted by Gasteiger charge is 2.42. The summed E-state index contributed by atoms with van der Waals surface area (Å²) in [5, 5.41) is 13.7. The maximum atomic E-state index is 13.2. The van der Waals surface area contributed by atoms with Crippen LogP contribution in [0.15, 0.2) is 18.2 Å². The first kappa shape index (κ1) is 17.3. The number of nitrogens with zero attached hydrogens (tertiary/aromatic N) is 1. The molecule has 1 heterocycles. The Balaban J connectivity index is 1.55. The van der Waals surface area contributed by atoms with Gasteiger partial charge in [-0.2, -0.15) is 0 Å². The van der Waals surface area contributed by atoms with Gasteiger partial charge >= 0.3 is 0 Å². The zero-order valence-corrected chi connectivity index (χ0v) is 13.7. The summed E-state index contributed by atoms with van der Waals surface area (Å²) >= 11 is 0. The van der Waals surface area contributed by atoms with E-state index < -0.39 is 17.2 Å². The fourth-order valence-corrected chi connectivity index (χ4v) is 3.52. The van der Waals surface area contributed by atoms with Gasteiger partial charge in [-0.1, -0.05) is 6.42 Å². The fourth-order valence-electron chi connectivity index (χ4n) is 3.52. The van der Waals surface area contributed by atoms with Gasteiger partial charge in [-0.25, -0.2) is 8.78 Å². The molecule has 1 atom stereocenters. The molecule has 2 fully saturated rings. The maximum Gasteiger partial charge on any atom is 0.255 e. The van der Waals surface area contributed by atoms with Gasteiger partial charge in [0.25, 0.3) is 5.91 Å². The van der Waals surface area contributed by atoms with Gasteiger partial charge in [0, 0.05) is 32.2 Å². The van der Waals surface area contributed by atoms with Crippen molar-refractivity contribution in [3.8, 4) is 0 Å². The van der Waals surface area contributed by atoms with Crippen molar-refractivity contribution in [1.29, 1.82) is 0 Å². The molecular weight excluding hydrogens is 314 g/mol. The number of piperidine rings is 1. The van der Waals surface area contributed by atoms with Gasteiger partial charge in [0.2, 0.25) is 0 Å². The van der Waals surface area contributed by atoms with E-state index in [1.54, 1.807) is 4.90 Å². The molecule has 2 aliphatic rings. The van der Waals surface area contributed by atoms with Crippen LogP contribution in [0.25, 0.3) is 0 Å². The standard InChI is InChI=1S/C18H24F2N2O2/c19-15-7-14(8-16(20)9-15)10-21-12-18(24)5-2-6-22(17(18)23)11-13-3-1-4-13/h7-9,13,21,24H,1-6,10-12H2/t18-/m0/s1. The molecule has 0 unspecified atom stereocenters. The minimum absolute atomic E-state index is 0.0884. The fraction of sp³-hybridized carbons (Fsp3) is 0.611. The average Bonchev–Trinajstić information content (AvgIpc) is 2.46. The Labute approximate surface area is 140 Å². The van der Waals surface area contributed by atoms with E-state index >= 15 is 0 Å². The van der Waals surface area contributed by atoms with Gasteiger partial charge < -0.3 is 15.3 Å². The van der Waals surface area contributed by atoms with Gasteiger partial charge in [0.15, 0.2) is 5.60 Å². The largest absolute Gasteiger partial charge is 0.379 e. The molecule has 2 N–H and O–H groups in total. The molecule has 1 aliphatic carbocycles. The monoisotopic (exact) mass is 338 g/mol. The Bertz CT molecular complexity index is 586. The van der Waals surface area contributed by atoms with Crippen LogP contribution in [0, 0.1) is 17.6 Å². The highest BCUT2D eigenvalue weighted by atomic mass is 19.1. The van der Waals surface area contributed by atoms with Crippen molar-refractivity contribution in [2.45, 2.75) is 44.2 Å². The average molecular weight is 338 g/mol. The molecule has 1 amide bonds. The number of likely N-dealkylation sites (tertiary alicyclic amines) is 1. The van der Waals surface area contributed by atoms with E-state index in [-0.39, 0.29) is 19.0 Å². The summed E-state index contributed by atoms with van der Waals surface area (Å²) in [5.74, 6) is -0.921. The molecule has 24 heavy (non-hydrogen) atoms. The summed E-state index contributed by atoms with van der Waals surface area (Å²) in [6, 6.07) is 3.30. The number of nitrogens with one attached hydrogen (secondary N) is 1. The van der Waals surface area contributed by atoms with E-state index in [2.05, 4.69) is 5.32 Å². The van der Waals surface area contributed by atoms with E-state index in [0.717, 1.165) is 31.9 Å². The summed E-state index contributed by atoms with van der Waals surface area (Å²) in [5.41, 5.74) is -0.973. The third-order valence-corrected chi connectivity index (χ3v) is 5.08. The molecule has 6 heteroatoms. The zero-order valence-electron chi connectivity index (χ0n) is 13.7. The highest BCUT2D eigenvalue weighted by molar-refractivity contribution is 5.86. The van der Waals surface area contributed by atoms with E-state index in [9.17, 15) is 18.7 Å². The van der Waals surface area contributed by atoms with Crippen LogP contribution in [0.3, 0.4) is 0 Å². The van der Waals surface area contributed by atoms with Crippen molar-refractivity contribution in [2.24, 2.45) is 5.92 Å². The van der Waals surface area contributed by atoms with Crippen LogP contribution in [0.1, 0.15) is 37.7 Å². The first-order chi connectivity index (χ1) is 11.5. The predicted molar refractivity (Wildman–Crippen MR) is 86.2 cm³/mol. The van der Waals surface area contributed by atoms with E-state index in [1.165, 1.54) is 18.6 Å². The van der Waals surface area contributed by atoms with E-state index in [4.69, 9.17) is 0 Å². The first-order valence-corrected chi connectivity index (χ1v) is 8.64. The van der Waals surface area contributed by atoms with E-state index in [0.29, 0.717) is 24.4 Å². The number of aliphatic hydroxyl groups is 1. The number of hydrogen-bond acceptors (Lipinski definition) is 3. The number of carbonyl (C=O) groups is 1. The molecule has 1 saturated carbocycles. The molecule has 132 valence electrons. The molecule has 0 radical (unpaired) electrons. The second-order valence-corrected chi connectivity index (χ2v) is 7.06. The third kappa shape index (κ3) is 3.92. The summed E-state index contributed by atoms with van der Waals surface area (Å²) < 4.78 is 26.4. The second-order valence-electron chi connectivity index (χ2n) is 7.06. The van der Waals surface area contributed by atoms with Gasteiger partial charge in [-0.15, -0.1) is 0 Å². The minimum Gasteiger partial charge on any atom is -0.379 e. The molecule has 0 bridgehead atoms. The summed E-state index contributed by atoms with van der Waals surface area (Å²) in [6.07, 6.45) is 4.72. The topological polar surface area (TPSA) is 52.6 Å². The number of benzene rings is 1. The van der Waals surface area contributed by atoms with Crippen LogP contribution in [0.2, 0.25) is 0 Å². The van der Waals surface area contributed by atoms with Crippen LogP contribution in [-0.2, 0) is 11.3 Å². The lowest BCUT2D eigenvalue weighted by Gasteiger charge is -2.41. The van der Waals surface area contributed by atoms with Gasteiger partial charge in [0.1, 0.15) is 11.6 Å². The number of rotatable bonds is 6. The van der Waals surface area contributed by atoms with Gasteiger partial charge in [-0.05, 0) is 49.3 Å². The van der Waals surface area contributed by atoms with Crippen LogP contribution in [-0.4, -0.2) is 41.1 Å². The lowest BCUT2D eigenvalue weighted by molar-refractivity contribution is -0.157. The summed E-state index contributed by atoms with van der Waals surface area (Å²) in [6.45, 7) is 1.72. The smallest absolute Gasteiger partial charge is 0.255 e. The number of amides is 1. The number of hydrogen-bond donors (Lipinski definition) is 2. The third-order valence-electron chi connectivity index (χ3n) is 5.08. The lowest BCUT2D eigenvalue weighted by Crippen LogP contribution is -2.58. The molecule has 4 nitrogen and oxygen atoms in total. The molecule has 1 aliphatic heterocycles. The predicted octanol–water partition coefficient (Wildman–Crippen LogP) is 2.21. The normalized spacial score (nSPS) is 25.0. The van der Waals surface area contributed by atoms with Crippen molar-refractivity contribution in [3.63, 3.8) is 0 Å². The van der Waals surface area contributed by atoms with Crippen LogP contribution in [0.4, 0.5) is 8.78 Å². The second kappa shape index (κ2) is 7.15. The number of carbonyl (C=O) groups excluding carboxylic acids is 1. The maximum absolute atomic E-state index is 13.2. The molecule has 3 rings (SSSR count). The SMILES string of the molecule is O=C1N(CC2CCC2)CCC[C@]1(O)CNCc1cc(F)cc(F)c1. The molecule has 0 aromatic heterocycles. The van der Waals surface area contributed by atoms with Crippen molar-refractivity contribution < 1.29 is 18.7 Å². The molecule has 1 aromatic rings.